The molecule has 0 aromatic carbocycles. The quantitative estimate of drug-likeness (QED) is 0.451. The number of aliphatic hydroxyl groups excluding tert-OH is 1. The van der Waals surface area contributed by atoms with E-state index in [1.54, 1.807) is 0 Å². The number of nitrogens with one attached hydrogen (secondary N) is 1. The molecule has 0 spiro atoms. The van der Waals surface area contributed by atoms with E-state index in [-0.39, 0.29) is 25.0 Å². The number of rotatable bonds is 7. The van der Waals surface area contributed by atoms with E-state index in [9.17, 15) is 9.90 Å². The summed E-state index contributed by atoms with van der Waals surface area (Å²) in [7, 11) is 0. The highest BCUT2D eigenvalue weighted by atomic mass is 16.3. The van der Waals surface area contributed by atoms with Crippen molar-refractivity contribution < 1.29 is 15.0 Å². The first-order valence-electron chi connectivity index (χ1n) is 5.25. The summed E-state index contributed by atoms with van der Waals surface area (Å²) < 4.78 is 0. The Kier molecular flexibility index (Phi) is 6.47. The largest absolute Gasteiger partial charge is 0.393 e. The van der Waals surface area contributed by atoms with Gasteiger partial charge in [-0.1, -0.05) is 13.3 Å². The van der Waals surface area contributed by atoms with E-state index in [2.05, 4.69) is 5.32 Å². The molecule has 5 N–H and O–H groups in total. The lowest BCUT2D eigenvalue weighted by atomic mass is 10.0. The first-order valence-corrected chi connectivity index (χ1v) is 5.25. The van der Waals surface area contributed by atoms with Gasteiger partial charge in [0.2, 0.25) is 5.91 Å². The Balaban J connectivity index is 3.84. The fraction of sp³-hybridized carbons (Fsp3) is 0.900. The lowest BCUT2D eigenvalue weighted by Crippen LogP contribution is -2.43. The number of carbonyl (C=O) groups excluding carboxylic acids is 1. The molecular formula is C10H22N2O3. The third-order valence-electron chi connectivity index (χ3n) is 2.39. The van der Waals surface area contributed by atoms with Crippen LogP contribution < -0.4 is 11.1 Å². The van der Waals surface area contributed by atoms with Gasteiger partial charge in [-0.15, -0.1) is 0 Å². The van der Waals surface area contributed by atoms with E-state index in [1.165, 1.54) is 6.92 Å². The molecule has 0 aromatic heterocycles. The maximum atomic E-state index is 11.4. The second-order valence-electron chi connectivity index (χ2n) is 4.15. The summed E-state index contributed by atoms with van der Waals surface area (Å²) >= 11 is 0. The second kappa shape index (κ2) is 6.76. The van der Waals surface area contributed by atoms with E-state index in [0.717, 1.165) is 6.42 Å². The second-order valence-corrected chi connectivity index (χ2v) is 4.15. The Bertz CT molecular complexity index is 191. The van der Waals surface area contributed by atoms with Gasteiger partial charge in [-0.25, -0.2) is 0 Å². The molecule has 2 unspecified atom stereocenters. The lowest BCUT2D eigenvalue weighted by Gasteiger charge is -2.21. The molecule has 0 radical (unpaired) electrons. The maximum absolute atomic E-state index is 11.4. The summed E-state index contributed by atoms with van der Waals surface area (Å²) in [5.74, 6) is 0.0464. The number of carbonyl (C=O) groups is 1. The van der Waals surface area contributed by atoms with Crippen molar-refractivity contribution >= 4 is 5.91 Å². The van der Waals surface area contributed by atoms with Crippen molar-refractivity contribution in [3.05, 3.63) is 0 Å². The van der Waals surface area contributed by atoms with Gasteiger partial charge in [0.25, 0.3) is 0 Å². The molecular weight excluding hydrogens is 196 g/mol. The van der Waals surface area contributed by atoms with Gasteiger partial charge in [0.05, 0.1) is 6.61 Å². The van der Waals surface area contributed by atoms with E-state index in [1.807, 2.05) is 6.92 Å². The Labute approximate surface area is 90.7 Å². The zero-order valence-electron chi connectivity index (χ0n) is 9.49. The van der Waals surface area contributed by atoms with Crippen LogP contribution in [0.25, 0.3) is 0 Å². The Morgan fingerprint density at radius 1 is 1.60 bits per heavy atom. The standard InChI is InChI=1S/C10H22N2O3/c1-3-8(5-11)4-9(14)12-6-10(2,15)7-13/h8,13,15H,3-7,11H2,1-2H3,(H,12,14). The van der Waals surface area contributed by atoms with E-state index in [0.29, 0.717) is 13.0 Å². The minimum Gasteiger partial charge on any atom is -0.393 e. The van der Waals surface area contributed by atoms with Crippen LogP contribution in [0.2, 0.25) is 0 Å². The number of amides is 1. The number of nitrogens with two attached hydrogens (primary N) is 1. The molecule has 0 fully saturated rings. The average molecular weight is 218 g/mol. The molecule has 0 bridgehead atoms. The molecule has 0 aromatic rings. The first-order chi connectivity index (χ1) is 6.95. The third-order valence-corrected chi connectivity index (χ3v) is 2.39. The summed E-state index contributed by atoms with van der Waals surface area (Å²) in [4.78, 5) is 11.4. The number of hydrogen-bond acceptors (Lipinski definition) is 4. The van der Waals surface area contributed by atoms with Crippen LogP contribution in [-0.4, -0.2) is 41.4 Å². The minimum absolute atomic E-state index is 0.0589. The van der Waals surface area contributed by atoms with Gasteiger partial charge in [0, 0.05) is 13.0 Å². The maximum Gasteiger partial charge on any atom is 0.220 e. The Morgan fingerprint density at radius 3 is 2.60 bits per heavy atom. The molecule has 5 nitrogen and oxygen atoms in total. The zero-order chi connectivity index (χ0) is 11.9. The SMILES string of the molecule is CCC(CN)CC(=O)NCC(C)(O)CO. The molecule has 2 atom stereocenters. The summed E-state index contributed by atoms with van der Waals surface area (Å²) in [6.45, 7) is 3.62. The third kappa shape index (κ3) is 6.43. The average Bonchev–Trinajstić information content (AvgIpc) is 2.23. The van der Waals surface area contributed by atoms with Crippen molar-refractivity contribution in [2.45, 2.75) is 32.3 Å². The van der Waals surface area contributed by atoms with Crippen LogP contribution in [0.4, 0.5) is 0 Å². The smallest absolute Gasteiger partial charge is 0.220 e. The number of aliphatic hydroxyl groups is 2. The predicted octanol–water partition coefficient (Wildman–Crippen LogP) is -0.779. The van der Waals surface area contributed by atoms with Crippen molar-refractivity contribution in [2.24, 2.45) is 11.7 Å². The highest BCUT2D eigenvalue weighted by Gasteiger charge is 2.20. The highest BCUT2D eigenvalue weighted by Crippen LogP contribution is 2.06. The molecule has 5 heteroatoms. The van der Waals surface area contributed by atoms with Crippen molar-refractivity contribution in [3.63, 3.8) is 0 Å². The van der Waals surface area contributed by atoms with Gasteiger partial charge < -0.3 is 21.3 Å². The van der Waals surface area contributed by atoms with Crippen molar-refractivity contribution in [1.29, 1.82) is 0 Å². The summed E-state index contributed by atoms with van der Waals surface area (Å²) in [5, 5.41) is 20.8. The molecule has 0 saturated heterocycles. The molecule has 0 rings (SSSR count). The van der Waals surface area contributed by atoms with Crippen LogP contribution >= 0.6 is 0 Å². The Morgan fingerprint density at radius 2 is 2.20 bits per heavy atom. The van der Waals surface area contributed by atoms with Crippen LogP contribution in [0, 0.1) is 5.92 Å². The van der Waals surface area contributed by atoms with Gasteiger partial charge >= 0.3 is 0 Å². The lowest BCUT2D eigenvalue weighted by molar-refractivity contribution is -0.123. The molecule has 0 aliphatic rings. The fourth-order valence-corrected chi connectivity index (χ4v) is 1.07. The van der Waals surface area contributed by atoms with Crippen LogP contribution in [0.15, 0.2) is 0 Å². The van der Waals surface area contributed by atoms with E-state index in [4.69, 9.17) is 10.8 Å². The molecule has 15 heavy (non-hydrogen) atoms. The topological polar surface area (TPSA) is 95.6 Å². The molecule has 0 saturated carbocycles. The van der Waals surface area contributed by atoms with Crippen LogP contribution in [-0.2, 0) is 4.79 Å². The molecule has 1 amide bonds. The van der Waals surface area contributed by atoms with Crippen LogP contribution in [0.3, 0.4) is 0 Å². The normalized spacial score (nSPS) is 16.9. The van der Waals surface area contributed by atoms with Gasteiger partial charge in [-0.3, -0.25) is 4.79 Å². The first kappa shape index (κ1) is 14.3. The van der Waals surface area contributed by atoms with Crippen LogP contribution in [0.5, 0.6) is 0 Å². The summed E-state index contributed by atoms with van der Waals surface area (Å²) in [6.07, 6.45) is 1.23. The molecule has 0 aliphatic heterocycles. The highest BCUT2D eigenvalue weighted by molar-refractivity contribution is 5.76. The molecule has 0 aliphatic carbocycles. The Hall–Kier alpha value is -0.650. The van der Waals surface area contributed by atoms with Gasteiger partial charge in [0.1, 0.15) is 5.60 Å². The monoisotopic (exact) mass is 218 g/mol. The fourth-order valence-electron chi connectivity index (χ4n) is 1.07. The van der Waals surface area contributed by atoms with Crippen molar-refractivity contribution in [1.82, 2.24) is 5.32 Å². The van der Waals surface area contributed by atoms with Crippen molar-refractivity contribution in [3.8, 4) is 0 Å². The van der Waals surface area contributed by atoms with E-state index >= 15 is 0 Å². The zero-order valence-corrected chi connectivity index (χ0v) is 9.49. The van der Waals surface area contributed by atoms with Gasteiger partial charge in [-0.2, -0.15) is 0 Å². The number of hydrogen-bond donors (Lipinski definition) is 4. The minimum atomic E-state index is -1.25. The van der Waals surface area contributed by atoms with Gasteiger partial charge in [0.15, 0.2) is 0 Å². The van der Waals surface area contributed by atoms with Gasteiger partial charge in [-0.05, 0) is 19.4 Å². The van der Waals surface area contributed by atoms with E-state index < -0.39 is 5.60 Å². The predicted molar refractivity (Wildman–Crippen MR) is 58.2 cm³/mol. The van der Waals surface area contributed by atoms with Crippen LogP contribution in [0.1, 0.15) is 26.7 Å². The molecule has 0 heterocycles. The summed E-state index contributed by atoms with van der Waals surface area (Å²) in [6, 6.07) is 0. The van der Waals surface area contributed by atoms with Crippen molar-refractivity contribution in [2.75, 3.05) is 19.7 Å². The molecule has 90 valence electrons. The summed E-state index contributed by atoms with van der Waals surface area (Å²) in [5.41, 5.74) is 4.22.